The molecular formula is C12H20N2O3. The molecule has 2 saturated heterocycles. The topological polar surface area (TPSA) is 58.6 Å². The molecule has 1 N–H and O–H groups in total. The lowest BCUT2D eigenvalue weighted by molar-refractivity contribution is -0.163. The zero-order valence-electron chi connectivity index (χ0n) is 10.9. The molecule has 2 amide bonds. The highest BCUT2D eigenvalue weighted by molar-refractivity contribution is 6.01. The lowest BCUT2D eigenvalue weighted by Crippen LogP contribution is -2.74. The molecule has 17 heavy (non-hydrogen) atoms. The summed E-state index contributed by atoms with van der Waals surface area (Å²) in [4.78, 5) is 26.3. The number of carbonyl (C=O) groups excluding carboxylic acids is 2. The number of nitrogens with one attached hydrogen (secondary N) is 1. The molecule has 0 aromatic carbocycles. The fourth-order valence-corrected chi connectivity index (χ4v) is 2.50. The van der Waals surface area contributed by atoms with Crippen LogP contribution >= 0.6 is 0 Å². The Bertz CT molecular complexity index is 357. The average molecular weight is 240 g/mol. The molecule has 2 aliphatic rings. The molecule has 0 saturated carbocycles. The summed E-state index contributed by atoms with van der Waals surface area (Å²) in [5.74, 6) is -0.133. The number of piperazine rings is 1. The molecule has 2 heterocycles. The second-order valence-corrected chi connectivity index (χ2v) is 5.83. The van der Waals surface area contributed by atoms with Crippen LogP contribution in [0.25, 0.3) is 0 Å². The van der Waals surface area contributed by atoms with Gasteiger partial charge in [0.1, 0.15) is 11.1 Å². The van der Waals surface area contributed by atoms with Crippen molar-refractivity contribution in [2.45, 2.75) is 51.2 Å². The van der Waals surface area contributed by atoms with Crippen LogP contribution in [0.3, 0.4) is 0 Å². The maximum Gasteiger partial charge on any atom is 0.248 e. The Balaban J connectivity index is 2.36. The number of hydrogen-bond acceptors (Lipinski definition) is 3. The summed E-state index contributed by atoms with van der Waals surface area (Å²) >= 11 is 0. The number of nitrogens with zero attached hydrogens (tertiary/aromatic N) is 1. The van der Waals surface area contributed by atoms with E-state index in [1.54, 1.807) is 32.6 Å². The van der Waals surface area contributed by atoms with Crippen molar-refractivity contribution in [2.75, 3.05) is 13.2 Å². The SMILES string of the molecule is CC1(C)NC(=O)C(C)(C)N(C2CCOC2)C1=O. The summed E-state index contributed by atoms with van der Waals surface area (Å²) in [6.45, 7) is 8.24. The summed E-state index contributed by atoms with van der Waals surface area (Å²) in [5.41, 5.74) is -1.62. The molecule has 2 rings (SSSR count). The van der Waals surface area contributed by atoms with E-state index < -0.39 is 11.1 Å². The maximum atomic E-state index is 12.5. The van der Waals surface area contributed by atoms with Crippen LogP contribution in [-0.4, -0.2) is 47.0 Å². The Morgan fingerprint density at radius 3 is 2.47 bits per heavy atom. The van der Waals surface area contributed by atoms with Gasteiger partial charge in [-0.25, -0.2) is 0 Å². The van der Waals surface area contributed by atoms with Crippen molar-refractivity contribution in [1.82, 2.24) is 10.2 Å². The number of rotatable bonds is 1. The first kappa shape index (κ1) is 12.4. The van der Waals surface area contributed by atoms with Crippen molar-refractivity contribution in [3.63, 3.8) is 0 Å². The van der Waals surface area contributed by atoms with E-state index in [2.05, 4.69) is 5.32 Å². The maximum absolute atomic E-state index is 12.5. The van der Waals surface area contributed by atoms with E-state index in [4.69, 9.17) is 4.74 Å². The van der Waals surface area contributed by atoms with Crippen LogP contribution in [0.2, 0.25) is 0 Å². The molecule has 2 aliphatic heterocycles. The van der Waals surface area contributed by atoms with Gasteiger partial charge in [-0.15, -0.1) is 0 Å². The highest BCUT2D eigenvalue weighted by Crippen LogP contribution is 2.30. The van der Waals surface area contributed by atoms with Gasteiger partial charge in [0, 0.05) is 6.61 Å². The number of hydrogen-bond donors (Lipinski definition) is 1. The van der Waals surface area contributed by atoms with Crippen LogP contribution in [0.1, 0.15) is 34.1 Å². The normalized spacial score (nSPS) is 31.5. The first-order valence-electron chi connectivity index (χ1n) is 6.01. The summed E-state index contributed by atoms with van der Waals surface area (Å²) in [6, 6.07) is 0.0165. The van der Waals surface area contributed by atoms with Crippen molar-refractivity contribution in [2.24, 2.45) is 0 Å². The quantitative estimate of drug-likeness (QED) is 0.716. The smallest absolute Gasteiger partial charge is 0.248 e. The average Bonchev–Trinajstić information content (AvgIpc) is 2.68. The summed E-state index contributed by atoms with van der Waals surface area (Å²) in [5, 5.41) is 2.78. The van der Waals surface area contributed by atoms with Crippen LogP contribution in [0.4, 0.5) is 0 Å². The molecule has 0 bridgehead atoms. The Morgan fingerprint density at radius 2 is 1.94 bits per heavy atom. The minimum atomic E-state index is -0.824. The van der Waals surface area contributed by atoms with Gasteiger partial charge in [0.15, 0.2) is 0 Å². The predicted octanol–water partition coefficient (Wildman–Crippen LogP) is 0.291. The molecular weight excluding hydrogens is 220 g/mol. The van der Waals surface area contributed by atoms with Crippen LogP contribution in [0.15, 0.2) is 0 Å². The third-order valence-corrected chi connectivity index (χ3v) is 3.61. The first-order valence-corrected chi connectivity index (χ1v) is 6.01. The van der Waals surface area contributed by atoms with E-state index in [1.807, 2.05) is 0 Å². The fraction of sp³-hybridized carbons (Fsp3) is 0.833. The molecule has 5 heteroatoms. The van der Waals surface area contributed by atoms with Gasteiger partial charge in [-0.3, -0.25) is 9.59 Å². The molecule has 0 aromatic heterocycles. The summed E-state index contributed by atoms with van der Waals surface area (Å²) < 4.78 is 5.33. The predicted molar refractivity (Wildman–Crippen MR) is 62.4 cm³/mol. The lowest BCUT2D eigenvalue weighted by Gasteiger charge is -2.49. The van der Waals surface area contributed by atoms with Crippen molar-refractivity contribution < 1.29 is 14.3 Å². The molecule has 1 unspecified atom stereocenters. The van der Waals surface area contributed by atoms with Crippen LogP contribution in [-0.2, 0) is 14.3 Å². The Labute approximate surface area is 101 Å². The second-order valence-electron chi connectivity index (χ2n) is 5.83. The summed E-state index contributed by atoms with van der Waals surface area (Å²) in [6.07, 6.45) is 0.804. The third kappa shape index (κ3) is 1.82. The zero-order chi connectivity index (χ0) is 12.8. The van der Waals surface area contributed by atoms with E-state index in [0.717, 1.165) is 6.42 Å². The Hall–Kier alpha value is -1.10. The van der Waals surface area contributed by atoms with Crippen molar-refractivity contribution in [1.29, 1.82) is 0 Å². The van der Waals surface area contributed by atoms with Gasteiger partial charge in [-0.2, -0.15) is 0 Å². The molecule has 0 aliphatic carbocycles. The monoisotopic (exact) mass is 240 g/mol. The highest BCUT2D eigenvalue weighted by Gasteiger charge is 2.52. The Morgan fingerprint density at radius 1 is 1.29 bits per heavy atom. The van der Waals surface area contributed by atoms with E-state index in [1.165, 1.54) is 0 Å². The molecule has 0 radical (unpaired) electrons. The van der Waals surface area contributed by atoms with Gasteiger partial charge in [-0.1, -0.05) is 0 Å². The highest BCUT2D eigenvalue weighted by atomic mass is 16.5. The van der Waals surface area contributed by atoms with Crippen LogP contribution < -0.4 is 5.32 Å². The number of amides is 2. The first-order chi connectivity index (χ1) is 7.77. The minimum Gasteiger partial charge on any atom is -0.379 e. The van der Waals surface area contributed by atoms with Gasteiger partial charge in [-0.05, 0) is 34.1 Å². The van der Waals surface area contributed by atoms with E-state index in [0.29, 0.717) is 13.2 Å². The summed E-state index contributed by atoms with van der Waals surface area (Å²) in [7, 11) is 0. The zero-order valence-corrected chi connectivity index (χ0v) is 10.9. The molecule has 5 nitrogen and oxygen atoms in total. The van der Waals surface area contributed by atoms with Gasteiger partial charge in [0.05, 0.1) is 12.6 Å². The molecule has 0 aromatic rings. The molecule has 1 atom stereocenters. The van der Waals surface area contributed by atoms with Gasteiger partial charge >= 0.3 is 0 Å². The number of carbonyl (C=O) groups is 2. The van der Waals surface area contributed by atoms with E-state index in [-0.39, 0.29) is 17.9 Å². The fourth-order valence-electron chi connectivity index (χ4n) is 2.50. The van der Waals surface area contributed by atoms with Crippen molar-refractivity contribution in [3.8, 4) is 0 Å². The number of ether oxygens (including phenoxy) is 1. The van der Waals surface area contributed by atoms with Crippen LogP contribution in [0.5, 0.6) is 0 Å². The van der Waals surface area contributed by atoms with E-state index in [9.17, 15) is 9.59 Å². The Kier molecular flexibility index (Phi) is 2.69. The van der Waals surface area contributed by atoms with E-state index >= 15 is 0 Å². The standard InChI is InChI=1S/C12H20N2O3/c1-11(2)10(16)14(8-5-6-17-7-8)12(3,4)9(15)13-11/h8H,5-7H2,1-4H3,(H,13,15). The van der Waals surface area contributed by atoms with Crippen molar-refractivity contribution in [3.05, 3.63) is 0 Å². The molecule has 96 valence electrons. The second kappa shape index (κ2) is 3.70. The van der Waals surface area contributed by atoms with Gasteiger partial charge in [0.2, 0.25) is 11.8 Å². The molecule has 2 fully saturated rings. The van der Waals surface area contributed by atoms with Crippen molar-refractivity contribution >= 4 is 11.8 Å². The molecule has 0 spiro atoms. The lowest BCUT2D eigenvalue weighted by atomic mass is 9.88. The van der Waals surface area contributed by atoms with Gasteiger partial charge in [0.25, 0.3) is 0 Å². The third-order valence-electron chi connectivity index (χ3n) is 3.61. The minimum absolute atomic E-state index is 0.0165. The van der Waals surface area contributed by atoms with Crippen LogP contribution in [0, 0.1) is 0 Å². The van der Waals surface area contributed by atoms with Gasteiger partial charge < -0.3 is 15.0 Å². The largest absolute Gasteiger partial charge is 0.379 e.